The van der Waals surface area contributed by atoms with Crippen molar-refractivity contribution in [3.63, 3.8) is 0 Å². The van der Waals surface area contributed by atoms with Crippen molar-refractivity contribution < 1.29 is 42.1 Å². The number of unbranched alkanes of at least 4 members (excludes halogenated alkanes) is 23. The van der Waals surface area contributed by atoms with Crippen molar-refractivity contribution in [3.8, 4) is 0 Å². The minimum absolute atomic E-state index is 0.0306. The van der Waals surface area contributed by atoms with Crippen LogP contribution in [0.15, 0.2) is 24.3 Å². The van der Waals surface area contributed by atoms with Gasteiger partial charge in [-0.05, 0) is 44.9 Å². The van der Waals surface area contributed by atoms with Gasteiger partial charge in [-0.25, -0.2) is 4.57 Å². The van der Waals surface area contributed by atoms with Crippen molar-refractivity contribution in [1.82, 2.24) is 0 Å². The van der Waals surface area contributed by atoms with Crippen LogP contribution in [0.5, 0.6) is 0 Å². The lowest BCUT2D eigenvalue weighted by molar-refractivity contribution is -0.870. The third-order valence-electron chi connectivity index (χ3n) is 9.73. The molecule has 1 N–H and O–H groups in total. The van der Waals surface area contributed by atoms with E-state index in [-0.39, 0.29) is 25.6 Å². The average molecular weight is 801 g/mol. The molecule has 0 aromatic rings. The van der Waals surface area contributed by atoms with Gasteiger partial charge >= 0.3 is 19.8 Å². The fourth-order valence-corrected chi connectivity index (χ4v) is 6.90. The number of quaternary nitrogens is 1. The van der Waals surface area contributed by atoms with Crippen LogP contribution in [0.1, 0.15) is 200 Å². The minimum atomic E-state index is -4.37. The van der Waals surface area contributed by atoms with Gasteiger partial charge in [-0.2, -0.15) is 0 Å². The number of carbonyl (C=O) groups is 2. The first kappa shape index (κ1) is 53.5. The summed E-state index contributed by atoms with van der Waals surface area (Å²) in [5, 5.41) is 0. The maximum atomic E-state index is 12.7. The number of hydrogen-bond acceptors (Lipinski definition) is 7. The summed E-state index contributed by atoms with van der Waals surface area (Å²) in [6, 6.07) is 0. The molecular formula is C45H87NO8P+. The SMILES string of the molecule is CCCCCC/C=C\C/C=C\CCCCCCCC(=O)OC(COC(=O)CCCCCCCCCCCCCCCCC)COP(=O)(O)OCC[N+](C)(C)C. The van der Waals surface area contributed by atoms with Crippen LogP contribution in [0.3, 0.4) is 0 Å². The number of carbonyl (C=O) groups excluding carboxylic acids is 2. The fraction of sp³-hybridized carbons (Fsp3) is 0.867. The second-order valence-electron chi connectivity index (χ2n) is 16.4. The highest BCUT2D eigenvalue weighted by Crippen LogP contribution is 2.43. The second kappa shape index (κ2) is 38.0. The predicted molar refractivity (Wildman–Crippen MR) is 229 cm³/mol. The molecule has 0 fully saturated rings. The molecule has 0 saturated carbocycles. The van der Waals surface area contributed by atoms with Crippen molar-refractivity contribution in [2.24, 2.45) is 0 Å². The van der Waals surface area contributed by atoms with Gasteiger partial charge in [0.1, 0.15) is 19.8 Å². The topological polar surface area (TPSA) is 108 Å². The third kappa shape index (κ3) is 41.9. The Balaban J connectivity index is 4.36. The molecule has 0 aliphatic carbocycles. The van der Waals surface area contributed by atoms with Gasteiger partial charge in [0.05, 0.1) is 27.7 Å². The molecule has 0 rings (SSSR count). The molecule has 2 atom stereocenters. The number of phosphoric acid groups is 1. The lowest BCUT2D eigenvalue weighted by Gasteiger charge is -2.24. The molecule has 0 aliphatic heterocycles. The summed E-state index contributed by atoms with van der Waals surface area (Å²) < 4.78 is 34.3. The molecule has 0 radical (unpaired) electrons. The normalized spacial score (nSPS) is 13.8. The Morgan fingerprint density at radius 3 is 1.45 bits per heavy atom. The van der Waals surface area contributed by atoms with Crippen LogP contribution in [0.2, 0.25) is 0 Å². The molecule has 0 saturated heterocycles. The van der Waals surface area contributed by atoms with Crippen molar-refractivity contribution >= 4 is 19.8 Å². The van der Waals surface area contributed by atoms with E-state index in [0.717, 1.165) is 57.8 Å². The summed E-state index contributed by atoms with van der Waals surface area (Å²) in [6.45, 7) is 4.41. The zero-order valence-electron chi connectivity index (χ0n) is 36.4. The fourth-order valence-electron chi connectivity index (χ4n) is 6.16. The largest absolute Gasteiger partial charge is 0.472 e. The lowest BCUT2D eigenvalue weighted by Crippen LogP contribution is -2.37. The quantitative estimate of drug-likeness (QED) is 0.0214. The van der Waals surface area contributed by atoms with E-state index in [4.69, 9.17) is 18.5 Å². The summed E-state index contributed by atoms with van der Waals surface area (Å²) >= 11 is 0. The summed E-state index contributed by atoms with van der Waals surface area (Å²) in [5.74, 6) is -0.807. The molecule has 0 bridgehead atoms. The number of likely N-dealkylation sites (N-methyl/N-ethyl adjacent to an activating group) is 1. The molecule has 0 heterocycles. The number of ether oxygens (including phenoxy) is 2. The van der Waals surface area contributed by atoms with Crippen molar-refractivity contribution in [1.29, 1.82) is 0 Å². The van der Waals surface area contributed by atoms with E-state index in [9.17, 15) is 19.0 Å². The van der Waals surface area contributed by atoms with E-state index in [1.165, 1.54) is 109 Å². The molecule has 324 valence electrons. The first-order valence-electron chi connectivity index (χ1n) is 22.6. The minimum Gasteiger partial charge on any atom is -0.462 e. The Bertz CT molecular complexity index is 996. The van der Waals surface area contributed by atoms with Gasteiger partial charge in [-0.15, -0.1) is 0 Å². The summed E-state index contributed by atoms with van der Waals surface area (Å²) in [5.41, 5.74) is 0. The van der Waals surface area contributed by atoms with Gasteiger partial charge < -0.3 is 18.9 Å². The molecule has 55 heavy (non-hydrogen) atoms. The third-order valence-corrected chi connectivity index (χ3v) is 10.7. The van der Waals surface area contributed by atoms with E-state index in [0.29, 0.717) is 23.9 Å². The van der Waals surface area contributed by atoms with Crippen molar-refractivity contribution in [2.75, 3.05) is 47.5 Å². The van der Waals surface area contributed by atoms with Crippen LogP contribution in [0.25, 0.3) is 0 Å². The average Bonchev–Trinajstić information content (AvgIpc) is 3.13. The molecule has 0 aliphatic rings. The molecule has 0 amide bonds. The predicted octanol–water partition coefficient (Wildman–Crippen LogP) is 12.7. The van der Waals surface area contributed by atoms with Gasteiger partial charge in [0.25, 0.3) is 0 Å². The number of nitrogens with zero attached hydrogens (tertiary/aromatic N) is 1. The lowest BCUT2D eigenvalue weighted by atomic mass is 10.0. The Hall–Kier alpha value is -1.51. The Morgan fingerprint density at radius 2 is 0.982 bits per heavy atom. The maximum Gasteiger partial charge on any atom is 0.472 e. The van der Waals surface area contributed by atoms with Gasteiger partial charge in [-0.1, -0.05) is 167 Å². The highest BCUT2D eigenvalue weighted by molar-refractivity contribution is 7.47. The monoisotopic (exact) mass is 801 g/mol. The molecular weight excluding hydrogens is 713 g/mol. The molecule has 9 nitrogen and oxygen atoms in total. The van der Waals surface area contributed by atoms with E-state index in [1.807, 2.05) is 21.1 Å². The number of allylic oxidation sites excluding steroid dienone is 4. The standard InChI is InChI=1S/C45H86NO8P/c1-6-8-10-12-14-16-18-20-22-24-26-28-30-32-34-36-38-45(48)54-43(42-53-55(49,50)52-40-39-46(3,4)5)41-51-44(47)37-35-33-31-29-27-25-23-21-19-17-15-13-11-9-7-2/h16,18,22,24,43H,6-15,17,19-21,23,25-42H2,1-5H3/p+1/b18-16-,24-22-. The first-order chi connectivity index (χ1) is 26.5. The van der Waals surface area contributed by atoms with Crippen LogP contribution in [0.4, 0.5) is 0 Å². The molecule has 0 aromatic heterocycles. The Morgan fingerprint density at radius 1 is 0.564 bits per heavy atom. The zero-order chi connectivity index (χ0) is 40.7. The Labute approximate surface area is 339 Å². The van der Waals surface area contributed by atoms with Gasteiger partial charge in [0, 0.05) is 12.8 Å². The molecule has 10 heteroatoms. The summed E-state index contributed by atoms with van der Waals surface area (Å²) in [6.07, 6.45) is 40.7. The van der Waals surface area contributed by atoms with Crippen LogP contribution in [-0.2, 0) is 32.7 Å². The molecule has 2 unspecified atom stereocenters. The van der Waals surface area contributed by atoms with Crippen molar-refractivity contribution in [2.45, 2.75) is 206 Å². The summed E-state index contributed by atoms with van der Waals surface area (Å²) in [7, 11) is 1.47. The first-order valence-corrected chi connectivity index (χ1v) is 24.1. The van der Waals surface area contributed by atoms with Gasteiger partial charge in [0.2, 0.25) is 0 Å². The molecule has 0 aromatic carbocycles. The Kier molecular flexibility index (Phi) is 37.0. The highest BCUT2D eigenvalue weighted by Gasteiger charge is 2.27. The van der Waals surface area contributed by atoms with Crippen LogP contribution < -0.4 is 0 Å². The van der Waals surface area contributed by atoms with Crippen LogP contribution in [0, 0.1) is 0 Å². The summed E-state index contributed by atoms with van der Waals surface area (Å²) in [4.78, 5) is 35.4. The molecule has 0 spiro atoms. The van der Waals surface area contributed by atoms with E-state index in [2.05, 4.69) is 38.2 Å². The highest BCUT2D eigenvalue weighted by atomic mass is 31.2. The van der Waals surface area contributed by atoms with Crippen LogP contribution in [-0.4, -0.2) is 74.9 Å². The zero-order valence-corrected chi connectivity index (χ0v) is 37.3. The second-order valence-corrected chi connectivity index (χ2v) is 17.9. The van der Waals surface area contributed by atoms with Crippen LogP contribution >= 0.6 is 7.82 Å². The maximum absolute atomic E-state index is 12.7. The number of esters is 2. The smallest absolute Gasteiger partial charge is 0.462 e. The van der Waals surface area contributed by atoms with E-state index < -0.39 is 26.5 Å². The van der Waals surface area contributed by atoms with Gasteiger partial charge in [0.15, 0.2) is 6.10 Å². The van der Waals surface area contributed by atoms with Gasteiger partial charge in [-0.3, -0.25) is 18.6 Å². The van der Waals surface area contributed by atoms with E-state index >= 15 is 0 Å². The van der Waals surface area contributed by atoms with E-state index in [1.54, 1.807) is 0 Å². The van der Waals surface area contributed by atoms with Crippen molar-refractivity contribution in [3.05, 3.63) is 24.3 Å². The number of rotatable bonds is 41. The number of phosphoric ester groups is 1. The number of hydrogen-bond donors (Lipinski definition) is 1.